The Morgan fingerprint density at radius 2 is 1.86 bits per heavy atom. The molecule has 0 aromatic carbocycles. The normalized spacial score (nSPS) is 23.0. The first-order chi connectivity index (χ1) is 20.1. The van der Waals surface area contributed by atoms with Gasteiger partial charge in [-0.2, -0.15) is 5.10 Å². The monoisotopic (exact) mass is 616 g/mol. The quantitative estimate of drug-likeness (QED) is 0.214. The standard InChI is InChI=1S/C34H60N4O4Si/c1-32(2,3)41-31(39)37(7)22-21-35-20-17-27-25-38(29-14-10-13-23-40-29)36-30(27)26-15-16-28(34(24-26)18-11-12-19-34)42-43(8,9)33(4,5)6/h15,25,28-29,35H,10-14,16-24H2,1-9H3. The van der Waals surface area contributed by atoms with Crippen LogP contribution in [0.2, 0.25) is 18.1 Å². The number of nitrogens with zero attached hydrogens (tertiary/aromatic N) is 3. The van der Waals surface area contributed by atoms with Crippen molar-refractivity contribution in [2.24, 2.45) is 5.41 Å². The molecule has 43 heavy (non-hydrogen) atoms. The van der Waals surface area contributed by atoms with Crippen LogP contribution in [-0.4, -0.2) is 74.1 Å². The molecule has 8 nitrogen and oxygen atoms in total. The third-order valence-corrected chi connectivity index (χ3v) is 14.6. The van der Waals surface area contributed by atoms with E-state index in [0.717, 1.165) is 50.9 Å². The topological polar surface area (TPSA) is 77.9 Å². The van der Waals surface area contributed by atoms with Crippen LogP contribution in [0.15, 0.2) is 12.3 Å². The lowest BCUT2D eigenvalue weighted by Crippen LogP contribution is -2.49. The first-order valence-corrected chi connectivity index (χ1v) is 19.7. The average Bonchev–Trinajstić information content (AvgIpc) is 3.56. The summed E-state index contributed by atoms with van der Waals surface area (Å²) in [7, 11) is -0.0854. The smallest absolute Gasteiger partial charge is 0.410 e. The van der Waals surface area contributed by atoms with Crippen LogP contribution in [0.4, 0.5) is 4.79 Å². The minimum Gasteiger partial charge on any atom is -0.444 e. The van der Waals surface area contributed by atoms with Crippen LogP contribution in [-0.2, 0) is 20.3 Å². The van der Waals surface area contributed by atoms with E-state index in [4.69, 9.17) is 19.0 Å². The number of hydrogen-bond acceptors (Lipinski definition) is 6. The van der Waals surface area contributed by atoms with Crippen molar-refractivity contribution in [3.8, 4) is 0 Å². The average molecular weight is 617 g/mol. The Morgan fingerprint density at radius 1 is 1.14 bits per heavy atom. The number of carbonyl (C=O) groups is 1. The van der Waals surface area contributed by atoms with E-state index in [0.29, 0.717) is 19.2 Å². The molecule has 3 aliphatic rings. The molecule has 2 unspecified atom stereocenters. The maximum atomic E-state index is 12.3. The molecule has 1 saturated carbocycles. The number of hydrogen-bond donors (Lipinski definition) is 1. The molecule has 9 heteroatoms. The first kappa shape index (κ1) is 34.2. The molecule has 2 heterocycles. The fourth-order valence-corrected chi connectivity index (χ4v) is 7.93. The highest BCUT2D eigenvalue weighted by molar-refractivity contribution is 6.74. The fraction of sp³-hybridized carbons (Fsp3) is 0.824. The molecule has 1 aromatic heterocycles. The van der Waals surface area contributed by atoms with Gasteiger partial charge in [0.15, 0.2) is 8.32 Å². The fourth-order valence-electron chi connectivity index (χ4n) is 6.52. The van der Waals surface area contributed by atoms with Gasteiger partial charge >= 0.3 is 6.09 Å². The highest BCUT2D eigenvalue weighted by Gasteiger charge is 2.49. The zero-order chi connectivity index (χ0) is 31.5. The molecule has 1 N–H and O–H groups in total. The summed E-state index contributed by atoms with van der Waals surface area (Å²) in [6, 6.07) is 0. The van der Waals surface area contributed by atoms with Crippen LogP contribution in [0.1, 0.15) is 117 Å². The molecule has 0 bridgehead atoms. The van der Waals surface area contributed by atoms with Crippen LogP contribution in [0.3, 0.4) is 0 Å². The Kier molecular flexibility index (Phi) is 10.9. The summed E-state index contributed by atoms with van der Waals surface area (Å²) in [5.74, 6) is 0. The van der Waals surface area contributed by atoms with Gasteiger partial charge in [-0.05, 0) is 113 Å². The van der Waals surface area contributed by atoms with Crippen molar-refractivity contribution < 1.29 is 18.7 Å². The van der Waals surface area contributed by atoms with Gasteiger partial charge in [0.25, 0.3) is 0 Å². The summed E-state index contributed by atoms with van der Waals surface area (Å²) in [5, 5.41) is 8.98. The largest absolute Gasteiger partial charge is 0.444 e. The Labute approximate surface area is 262 Å². The van der Waals surface area contributed by atoms with Crippen molar-refractivity contribution in [2.75, 3.05) is 33.3 Å². The molecule has 2 aliphatic carbocycles. The number of carbonyl (C=O) groups excluding carboxylic acids is 1. The first-order valence-electron chi connectivity index (χ1n) is 16.8. The number of nitrogens with one attached hydrogen (secondary N) is 1. The van der Waals surface area contributed by atoms with E-state index in [-0.39, 0.29) is 22.8 Å². The number of aromatic nitrogens is 2. The Morgan fingerprint density at radius 3 is 2.49 bits per heavy atom. The van der Waals surface area contributed by atoms with E-state index in [9.17, 15) is 4.79 Å². The van der Waals surface area contributed by atoms with Crippen molar-refractivity contribution in [2.45, 2.75) is 142 Å². The highest BCUT2D eigenvalue weighted by atomic mass is 28.4. The van der Waals surface area contributed by atoms with Gasteiger partial charge in [-0.25, -0.2) is 9.48 Å². The van der Waals surface area contributed by atoms with Gasteiger partial charge < -0.3 is 24.1 Å². The van der Waals surface area contributed by atoms with E-state index < -0.39 is 13.9 Å². The van der Waals surface area contributed by atoms with Gasteiger partial charge in [-0.3, -0.25) is 0 Å². The zero-order valence-corrected chi connectivity index (χ0v) is 29.7. The minimum absolute atomic E-state index is 0.0241. The van der Waals surface area contributed by atoms with E-state index in [1.165, 1.54) is 43.2 Å². The van der Waals surface area contributed by atoms with Crippen molar-refractivity contribution in [3.05, 3.63) is 23.5 Å². The number of ether oxygens (including phenoxy) is 2. The van der Waals surface area contributed by atoms with E-state index in [1.54, 1.807) is 11.9 Å². The molecule has 0 radical (unpaired) electrons. The van der Waals surface area contributed by atoms with Gasteiger partial charge in [0.05, 0.1) is 11.8 Å². The van der Waals surface area contributed by atoms with Crippen LogP contribution >= 0.6 is 0 Å². The van der Waals surface area contributed by atoms with Crippen molar-refractivity contribution >= 4 is 20.0 Å². The third-order valence-electron chi connectivity index (χ3n) is 10.1. The summed E-state index contributed by atoms with van der Waals surface area (Å²) in [6.45, 7) is 20.5. The molecule has 2 fully saturated rings. The molecule has 4 rings (SSSR count). The van der Waals surface area contributed by atoms with E-state index in [2.05, 4.69) is 56.1 Å². The molecule has 1 saturated heterocycles. The maximum Gasteiger partial charge on any atom is 0.410 e. The van der Waals surface area contributed by atoms with Crippen molar-refractivity contribution in [1.82, 2.24) is 20.0 Å². The molecule has 1 spiro atoms. The lowest BCUT2D eigenvalue weighted by Gasteiger charge is -2.47. The predicted octanol–water partition coefficient (Wildman–Crippen LogP) is 7.71. The molecule has 1 aliphatic heterocycles. The summed E-state index contributed by atoms with van der Waals surface area (Å²) in [5.41, 5.74) is 3.56. The lowest BCUT2D eigenvalue weighted by atomic mass is 9.70. The van der Waals surface area contributed by atoms with Gasteiger partial charge in [0.2, 0.25) is 0 Å². The van der Waals surface area contributed by atoms with Crippen molar-refractivity contribution in [1.29, 1.82) is 0 Å². The van der Waals surface area contributed by atoms with Gasteiger partial charge in [0.1, 0.15) is 11.8 Å². The lowest BCUT2D eigenvalue weighted by molar-refractivity contribution is -0.0396. The molecular formula is C34H60N4O4Si. The number of amides is 1. The zero-order valence-electron chi connectivity index (χ0n) is 28.7. The second-order valence-electron chi connectivity index (χ2n) is 15.8. The molecule has 2 atom stereocenters. The number of allylic oxidation sites excluding steroid dienone is 1. The summed E-state index contributed by atoms with van der Waals surface area (Å²) in [6.07, 6.45) is 16.0. The summed E-state index contributed by atoms with van der Waals surface area (Å²) in [4.78, 5) is 13.9. The molecule has 244 valence electrons. The second kappa shape index (κ2) is 13.8. The minimum atomic E-state index is -1.88. The third kappa shape index (κ3) is 8.74. The second-order valence-corrected chi connectivity index (χ2v) is 20.5. The molecule has 1 amide bonds. The Bertz CT molecular complexity index is 1100. The summed E-state index contributed by atoms with van der Waals surface area (Å²) >= 11 is 0. The Hall–Kier alpha value is -1.68. The SMILES string of the molecule is CN(CCNCCc1cn(C2CCCCO2)nc1C1=CCC(O[Si](C)(C)C(C)(C)C)C2(CCCC2)C1)C(=O)OC(C)(C)C. The van der Waals surface area contributed by atoms with Crippen LogP contribution < -0.4 is 5.32 Å². The molecule has 1 aromatic rings. The van der Waals surface area contributed by atoms with E-state index in [1.807, 2.05) is 20.8 Å². The summed E-state index contributed by atoms with van der Waals surface area (Å²) < 4.78 is 20.9. The highest BCUT2D eigenvalue weighted by Crippen LogP contribution is 2.54. The van der Waals surface area contributed by atoms with Gasteiger partial charge in [-0.15, -0.1) is 0 Å². The predicted molar refractivity (Wildman–Crippen MR) is 177 cm³/mol. The van der Waals surface area contributed by atoms with Crippen LogP contribution in [0, 0.1) is 5.41 Å². The van der Waals surface area contributed by atoms with Gasteiger partial charge in [0, 0.05) is 32.9 Å². The molecular weight excluding hydrogens is 556 g/mol. The van der Waals surface area contributed by atoms with Crippen LogP contribution in [0.25, 0.3) is 5.57 Å². The maximum absolute atomic E-state index is 12.3. The van der Waals surface area contributed by atoms with Gasteiger partial charge in [-0.1, -0.05) is 39.7 Å². The van der Waals surface area contributed by atoms with Crippen molar-refractivity contribution in [3.63, 3.8) is 0 Å². The number of likely N-dealkylation sites (N-methyl/N-ethyl adjacent to an activating group) is 1. The van der Waals surface area contributed by atoms with E-state index >= 15 is 0 Å². The Balaban J connectivity index is 1.47. The van der Waals surface area contributed by atoms with Crippen LogP contribution in [0.5, 0.6) is 0 Å². The number of rotatable bonds is 10.